The summed E-state index contributed by atoms with van der Waals surface area (Å²) < 4.78 is 0. The van der Waals surface area contributed by atoms with E-state index in [0.717, 1.165) is 19.6 Å². The molecule has 4 heteroatoms. The van der Waals surface area contributed by atoms with Crippen LogP contribution >= 0.6 is 0 Å². The molecule has 1 saturated heterocycles. The maximum atomic E-state index is 6.27. The fraction of sp³-hybridized carbons (Fsp3) is 1.00. The number of rotatable bonds is 8. The van der Waals surface area contributed by atoms with E-state index >= 15 is 0 Å². The van der Waals surface area contributed by atoms with E-state index < -0.39 is 0 Å². The Kier molecular flexibility index (Phi) is 8.17. The SMILES string of the molecule is CCN(CCCN(C)C)C1(CN)CCCN(C(C)C)CC1. The highest BCUT2D eigenvalue weighted by molar-refractivity contribution is 4.94. The highest BCUT2D eigenvalue weighted by Crippen LogP contribution is 2.29. The summed E-state index contributed by atoms with van der Waals surface area (Å²) in [5.41, 5.74) is 6.49. The second-order valence-electron chi connectivity index (χ2n) is 7.15. The van der Waals surface area contributed by atoms with E-state index in [-0.39, 0.29) is 5.54 Å². The van der Waals surface area contributed by atoms with Crippen LogP contribution in [-0.4, -0.2) is 79.6 Å². The lowest BCUT2D eigenvalue weighted by Gasteiger charge is -2.43. The van der Waals surface area contributed by atoms with E-state index in [2.05, 4.69) is 49.6 Å². The molecule has 4 nitrogen and oxygen atoms in total. The van der Waals surface area contributed by atoms with Crippen molar-refractivity contribution in [1.29, 1.82) is 0 Å². The molecule has 0 amide bonds. The average Bonchev–Trinajstić information content (AvgIpc) is 2.66. The molecule has 0 spiro atoms. The summed E-state index contributed by atoms with van der Waals surface area (Å²) in [5.74, 6) is 0. The molecule has 1 aliphatic rings. The molecule has 0 aliphatic carbocycles. The van der Waals surface area contributed by atoms with Crippen LogP contribution in [0.3, 0.4) is 0 Å². The van der Waals surface area contributed by atoms with E-state index in [9.17, 15) is 0 Å². The van der Waals surface area contributed by atoms with E-state index in [1.165, 1.54) is 45.3 Å². The van der Waals surface area contributed by atoms with Crippen molar-refractivity contribution in [1.82, 2.24) is 14.7 Å². The number of likely N-dealkylation sites (N-methyl/N-ethyl adjacent to an activating group) is 1. The van der Waals surface area contributed by atoms with Gasteiger partial charge in [0.05, 0.1) is 0 Å². The maximum absolute atomic E-state index is 6.27. The van der Waals surface area contributed by atoms with Crippen LogP contribution in [0.5, 0.6) is 0 Å². The van der Waals surface area contributed by atoms with Gasteiger partial charge in [0, 0.05) is 24.7 Å². The van der Waals surface area contributed by atoms with Crippen molar-refractivity contribution in [2.75, 3.05) is 53.4 Å². The highest BCUT2D eigenvalue weighted by Gasteiger charge is 2.36. The van der Waals surface area contributed by atoms with Crippen molar-refractivity contribution in [2.45, 2.75) is 58.0 Å². The zero-order valence-corrected chi connectivity index (χ0v) is 15.1. The van der Waals surface area contributed by atoms with E-state index in [4.69, 9.17) is 5.73 Å². The number of hydrogen-bond donors (Lipinski definition) is 1. The van der Waals surface area contributed by atoms with E-state index in [1.807, 2.05) is 0 Å². The van der Waals surface area contributed by atoms with Crippen LogP contribution in [0, 0.1) is 0 Å². The van der Waals surface area contributed by atoms with Gasteiger partial charge in [-0.1, -0.05) is 6.92 Å². The van der Waals surface area contributed by atoms with Crippen LogP contribution in [-0.2, 0) is 0 Å². The summed E-state index contributed by atoms with van der Waals surface area (Å²) in [5, 5.41) is 0. The lowest BCUT2D eigenvalue weighted by atomic mass is 9.88. The molecule has 1 rings (SSSR count). The molecule has 1 heterocycles. The predicted molar refractivity (Wildman–Crippen MR) is 92.8 cm³/mol. The van der Waals surface area contributed by atoms with Crippen LogP contribution < -0.4 is 5.73 Å². The Morgan fingerprint density at radius 2 is 1.86 bits per heavy atom. The van der Waals surface area contributed by atoms with Gasteiger partial charge in [0.25, 0.3) is 0 Å². The fourth-order valence-corrected chi connectivity index (χ4v) is 3.67. The van der Waals surface area contributed by atoms with Crippen molar-refractivity contribution < 1.29 is 0 Å². The third kappa shape index (κ3) is 5.51. The van der Waals surface area contributed by atoms with Crippen LogP contribution in [0.1, 0.15) is 46.5 Å². The lowest BCUT2D eigenvalue weighted by molar-refractivity contribution is 0.0784. The molecule has 0 aromatic heterocycles. The fourth-order valence-electron chi connectivity index (χ4n) is 3.67. The minimum Gasteiger partial charge on any atom is -0.329 e. The molecule has 2 N–H and O–H groups in total. The van der Waals surface area contributed by atoms with Crippen LogP contribution in [0.2, 0.25) is 0 Å². The third-order valence-electron chi connectivity index (χ3n) is 5.15. The van der Waals surface area contributed by atoms with Crippen molar-refractivity contribution in [2.24, 2.45) is 5.73 Å². The minimum atomic E-state index is 0.227. The molecule has 1 atom stereocenters. The predicted octanol–water partition coefficient (Wildman–Crippen LogP) is 1.85. The van der Waals surface area contributed by atoms with Crippen molar-refractivity contribution >= 4 is 0 Å². The summed E-state index contributed by atoms with van der Waals surface area (Å²) >= 11 is 0. The first-order chi connectivity index (χ1) is 9.95. The molecule has 0 aromatic rings. The van der Waals surface area contributed by atoms with Gasteiger partial charge in [0.1, 0.15) is 0 Å². The van der Waals surface area contributed by atoms with E-state index in [0.29, 0.717) is 6.04 Å². The monoisotopic (exact) mass is 298 g/mol. The first kappa shape index (κ1) is 18.9. The summed E-state index contributed by atoms with van der Waals surface area (Å²) in [4.78, 5) is 7.56. The summed E-state index contributed by atoms with van der Waals surface area (Å²) in [6.45, 7) is 13.6. The van der Waals surface area contributed by atoms with Crippen molar-refractivity contribution in [3.8, 4) is 0 Å². The van der Waals surface area contributed by atoms with Gasteiger partial charge in [-0.05, 0) is 79.8 Å². The quantitative estimate of drug-likeness (QED) is 0.742. The Morgan fingerprint density at radius 1 is 1.14 bits per heavy atom. The summed E-state index contributed by atoms with van der Waals surface area (Å²) in [6, 6.07) is 0.655. The smallest absolute Gasteiger partial charge is 0.0344 e. The molecule has 0 aromatic carbocycles. The molecule has 126 valence electrons. The molecule has 0 bridgehead atoms. The van der Waals surface area contributed by atoms with Crippen LogP contribution in [0.15, 0.2) is 0 Å². The first-order valence-electron chi connectivity index (χ1n) is 8.79. The van der Waals surface area contributed by atoms with Gasteiger partial charge < -0.3 is 15.5 Å². The second kappa shape index (κ2) is 9.09. The number of hydrogen-bond acceptors (Lipinski definition) is 4. The van der Waals surface area contributed by atoms with Gasteiger partial charge in [-0.2, -0.15) is 0 Å². The molecule has 1 aliphatic heterocycles. The average molecular weight is 299 g/mol. The highest BCUT2D eigenvalue weighted by atomic mass is 15.2. The number of likely N-dealkylation sites (tertiary alicyclic amines) is 1. The maximum Gasteiger partial charge on any atom is 0.0344 e. The normalized spacial score (nSPS) is 25.0. The summed E-state index contributed by atoms with van der Waals surface area (Å²) in [7, 11) is 4.31. The molecule has 21 heavy (non-hydrogen) atoms. The molecular formula is C17H38N4. The van der Waals surface area contributed by atoms with Crippen molar-refractivity contribution in [3.05, 3.63) is 0 Å². The largest absolute Gasteiger partial charge is 0.329 e. The Labute approximate surface area is 132 Å². The first-order valence-corrected chi connectivity index (χ1v) is 8.79. The van der Waals surface area contributed by atoms with Gasteiger partial charge in [0.2, 0.25) is 0 Å². The standard InChI is InChI=1S/C17H38N4/c1-6-21(13-8-11-19(4)5)17(15-18)9-7-12-20(14-10-17)16(2)3/h16H,6-15,18H2,1-5H3. The Morgan fingerprint density at radius 3 is 2.38 bits per heavy atom. The van der Waals surface area contributed by atoms with E-state index in [1.54, 1.807) is 0 Å². The second-order valence-corrected chi connectivity index (χ2v) is 7.15. The molecule has 0 radical (unpaired) electrons. The Balaban J connectivity index is 2.67. The van der Waals surface area contributed by atoms with Crippen LogP contribution in [0.25, 0.3) is 0 Å². The Bertz CT molecular complexity index is 280. The van der Waals surface area contributed by atoms with Crippen LogP contribution in [0.4, 0.5) is 0 Å². The van der Waals surface area contributed by atoms with Gasteiger partial charge in [-0.3, -0.25) is 4.90 Å². The lowest BCUT2D eigenvalue weighted by Crippen LogP contribution is -2.55. The number of nitrogens with zero attached hydrogens (tertiary/aromatic N) is 3. The molecule has 0 saturated carbocycles. The Hall–Kier alpha value is -0.160. The number of nitrogens with two attached hydrogens (primary N) is 1. The van der Waals surface area contributed by atoms with Gasteiger partial charge in [0.15, 0.2) is 0 Å². The third-order valence-corrected chi connectivity index (χ3v) is 5.15. The topological polar surface area (TPSA) is 35.7 Å². The van der Waals surface area contributed by atoms with Crippen molar-refractivity contribution in [3.63, 3.8) is 0 Å². The summed E-state index contributed by atoms with van der Waals surface area (Å²) in [6.07, 6.45) is 4.98. The molecule has 1 unspecified atom stereocenters. The zero-order valence-electron chi connectivity index (χ0n) is 15.1. The van der Waals surface area contributed by atoms with Gasteiger partial charge in [-0.15, -0.1) is 0 Å². The van der Waals surface area contributed by atoms with Gasteiger partial charge in [-0.25, -0.2) is 0 Å². The molecular weight excluding hydrogens is 260 g/mol. The molecule has 1 fully saturated rings. The van der Waals surface area contributed by atoms with Gasteiger partial charge >= 0.3 is 0 Å². The minimum absolute atomic E-state index is 0.227. The zero-order chi connectivity index (χ0) is 15.9.